The van der Waals surface area contributed by atoms with Crippen LogP contribution in [-0.2, 0) is 17.8 Å². The number of carbonyl (C=O) groups is 1. The Labute approximate surface area is 251 Å². The van der Waals surface area contributed by atoms with Crippen molar-refractivity contribution in [2.45, 2.75) is 51.5 Å². The van der Waals surface area contributed by atoms with Crippen LogP contribution in [0.25, 0.3) is 0 Å². The first-order chi connectivity index (χ1) is 20.6. The molecule has 42 heavy (non-hydrogen) atoms. The number of primary amides is 1. The zero-order chi connectivity index (χ0) is 29.4. The van der Waals surface area contributed by atoms with E-state index in [0.29, 0.717) is 19.4 Å². The average molecular weight is 565 g/mol. The standard InChI is InChI=1S/C37H44N2O3/c1-2-3-26-41-35-22-17-31(18-23-35)28-39(25-10-27-42-34-20-15-30(16-21-34)19-24-37(38)40)29-36(32-11-6-4-7-12-32)33-13-8-5-9-14-33/h4-9,11-18,20-23,36H,2-3,10,19,24-29H2,1H3,(H2,38,40). The van der Waals surface area contributed by atoms with Gasteiger partial charge in [-0.2, -0.15) is 0 Å². The number of hydrogen-bond acceptors (Lipinski definition) is 4. The van der Waals surface area contributed by atoms with E-state index in [-0.39, 0.29) is 11.8 Å². The summed E-state index contributed by atoms with van der Waals surface area (Å²) in [5.74, 6) is 1.75. The zero-order valence-electron chi connectivity index (χ0n) is 24.8. The van der Waals surface area contributed by atoms with Gasteiger partial charge in [0.1, 0.15) is 11.5 Å². The van der Waals surface area contributed by atoms with Crippen LogP contribution >= 0.6 is 0 Å². The van der Waals surface area contributed by atoms with Gasteiger partial charge in [-0.05, 0) is 65.8 Å². The highest BCUT2D eigenvalue weighted by Gasteiger charge is 2.19. The molecule has 0 aliphatic heterocycles. The monoisotopic (exact) mass is 564 g/mol. The minimum atomic E-state index is -0.280. The molecule has 0 saturated carbocycles. The van der Waals surface area contributed by atoms with Gasteiger partial charge in [0.15, 0.2) is 0 Å². The molecule has 0 heterocycles. The first-order valence-corrected chi connectivity index (χ1v) is 15.1. The Morgan fingerprint density at radius 1 is 0.714 bits per heavy atom. The van der Waals surface area contributed by atoms with Gasteiger partial charge in [-0.15, -0.1) is 0 Å². The first kappa shape index (κ1) is 30.9. The third-order valence-corrected chi connectivity index (χ3v) is 7.41. The first-order valence-electron chi connectivity index (χ1n) is 15.1. The van der Waals surface area contributed by atoms with Crippen LogP contribution in [0.15, 0.2) is 109 Å². The van der Waals surface area contributed by atoms with E-state index >= 15 is 0 Å². The van der Waals surface area contributed by atoms with E-state index in [0.717, 1.165) is 62.6 Å². The summed E-state index contributed by atoms with van der Waals surface area (Å²) in [7, 11) is 0. The van der Waals surface area contributed by atoms with Crippen LogP contribution in [0.1, 0.15) is 60.8 Å². The lowest BCUT2D eigenvalue weighted by atomic mass is 9.90. The lowest BCUT2D eigenvalue weighted by Crippen LogP contribution is -2.30. The minimum absolute atomic E-state index is 0.262. The number of aryl methyl sites for hydroxylation is 1. The highest BCUT2D eigenvalue weighted by Crippen LogP contribution is 2.27. The van der Waals surface area contributed by atoms with Crippen molar-refractivity contribution in [3.63, 3.8) is 0 Å². The topological polar surface area (TPSA) is 64.8 Å². The molecule has 0 atom stereocenters. The number of benzene rings is 4. The van der Waals surface area contributed by atoms with Crippen molar-refractivity contribution in [1.82, 2.24) is 4.90 Å². The molecule has 0 fully saturated rings. The Bertz CT molecular complexity index is 1270. The SMILES string of the molecule is CCCCOc1ccc(CN(CCCOc2ccc(CCC(N)=O)cc2)CC(c2ccccc2)c2ccccc2)cc1. The molecule has 5 nitrogen and oxygen atoms in total. The van der Waals surface area contributed by atoms with Crippen molar-refractivity contribution in [3.05, 3.63) is 131 Å². The number of rotatable bonds is 18. The molecule has 0 aliphatic rings. The summed E-state index contributed by atoms with van der Waals surface area (Å²) in [6.07, 6.45) is 4.11. The molecule has 0 spiro atoms. The summed E-state index contributed by atoms with van der Waals surface area (Å²) >= 11 is 0. The predicted molar refractivity (Wildman–Crippen MR) is 171 cm³/mol. The molecule has 220 valence electrons. The van der Waals surface area contributed by atoms with Crippen LogP contribution in [0.4, 0.5) is 0 Å². The molecule has 0 aromatic heterocycles. The Balaban J connectivity index is 1.42. The van der Waals surface area contributed by atoms with Gasteiger partial charge in [0.25, 0.3) is 0 Å². The van der Waals surface area contributed by atoms with Gasteiger partial charge in [-0.25, -0.2) is 0 Å². The number of nitrogens with zero attached hydrogens (tertiary/aromatic N) is 1. The molecule has 5 heteroatoms. The number of unbranched alkanes of at least 4 members (excludes halogenated alkanes) is 1. The Kier molecular flexibility index (Phi) is 12.5. The summed E-state index contributed by atoms with van der Waals surface area (Å²) in [6, 6.07) is 38.1. The van der Waals surface area contributed by atoms with E-state index in [1.165, 1.54) is 16.7 Å². The fraction of sp³-hybridized carbons (Fsp3) is 0.324. The molecule has 4 aromatic rings. The van der Waals surface area contributed by atoms with Crippen molar-refractivity contribution in [2.24, 2.45) is 5.73 Å². The van der Waals surface area contributed by atoms with Crippen LogP contribution < -0.4 is 15.2 Å². The summed E-state index contributed by atoms with van der Waals surface area (Å²) in [6.45, 7) is 6.21. The fourth-order valence-corrected chi connectivity index (χ4v) is 5.05. The van der Waals surface area contributed by atoms with E-state index in [2.05, 4.69) is 96.8 Å². The van der Waals surface area contributed by atoms with Crippen molar-refractivity contribution in [2.75, 3.05) is 26.3 Å². The van der Waals surface area contributed by atoms with Crippen molar-refractivity contribution < 1.29 is 14.3 Å². The fourth-order valence-electron chi connectivity index (χ4n) is 5.05. The number of ether oxygens (including phenoxy) is 2. The van der Waals surface area contributed by atoms with Crippen molar-refractivity contribution >= 4 is 5.91 Å². The van der Waals surface area contributed by atoms with E-state index in [1.807, 2.05) is 24.3 Å². The second-order valence-corrected chi connectivity index (χ2v) is 10.8. The smallest absolute Gasteiger partial charge is 0.217 e. The summed E-state index contributed by atoms with van der Waals surface area (Å²) in [5.41, 5.74) is 10.3. The Hall–Kier alpha value is -4.09. The summed E-state index contributed by atoms with van der Waals surface area (Å²) in [5, 5.41) is 0. The molecule has 0 unspecified atom stereocenters. The molecule has 0 aliphatic carbocycles. The number of nitrogens with two attached hydrogens (primary N) is 1. The van der Waals surface area contributed by atoms with Crippen LogP contribution in [0.3, 0.4) is 0 Å². The maximum absolute atomic E-state index is 11.1. The second-order valence-electron chi connectivity index (χ2n) is 10.8. The van der Waals surface area contributed by atoms with E-state index < -0.39 is 0 Å². The summed E-state index contributed by atoms with van der Waals surface area (Å²) < 4.78 is 12.0. The van der Waals surface area contributed by atoms with Gasteiger partial charge in [0.05, 0.1) is 13.2 Å². The van der Waals surface area contributed by atoms with Gasteiger partial charge in [-0.3, -0.25) is 9.69 Å². The lowest BCUT2D eigenvalue weighted by molar-refractivity contribution is -0.117. The van der Waals surface area contributed by atoms with Gasteiger partial charge in [0, 0.05) is 32.0 Å². The Morgan fingerprint density at radius 2 is 1.24 bits per heavy atom. The zero-order valence-corrected chi connectivity index (χ0v) is 24.8. The third kappa shape index (κ3) is 10.4. The quantitative estimate of drug-likeness (QED) is 0.128. The number of carbonyl (C=O) groups excluding carboxylic acids is 1. The molecular weight excluding hydrogens is 520 g/mol. The van der Waals surface area contributed by atoms with Gasteiger partial charge in [-0.1, -0.05) is 98.3 Å². The van der Waals surface area contributed by atoms with Crippen LogP contribution in [0, 0.1) is 0 Å². The highest BCUT2D eigenvalue weighted by atomic mass is 16.5. The van der Waals surface area contributed by atoms with E-state index in [4.69, 9.17) is 15.2 Å². The van der Waals surface area contributed by atoms with E-state index in [9.17, 15) is 4.79 Å². The molecule has 1 amide bonds. The largest absolute Gasteiger partial charge is 0.494 e. The molecule has 0 saturated heterocycles. The minimum Gasteiger partial charge on any atom is -0.494 e. The maximum atomic E-state index is 11.1. The molecule has 2 N–H and O–H groups in total. The van der Waals surface area contributed by atoms with Crippen molar-refractivity contribution in [3.8, 4) is 11.5 Å². The van der Waals surface area contributed by atoms with Gasteiger partial charge < -0.3 is 15.2 Å². The second kappa shape index (κ2) is 17.0. The summed E-state index contributed by atoms with van der Waals surface area (Å²) in [4.78, 5) is 13.6. The molecular formula is C37H44N2O3. The van der Waals surface area contributed by atoms with Crippen LogP contribution in [-0.4, -0.2) is 37.1 Å². The van der Waals surface area contributed by atoms with Gasteiger partial charge in [0.2, 0.25) is 5.91 Å². The molecule has 4 aromatic carbocycles. The third-order valence-electron chi connectivity index (χ3n) is 7.41. The Morgan fingerprint density at radius 3 is 1.76 bits per heavy atom. The van der Waals surface area contributed by atoms with Crippen LogP contribution in [0.2, 0.25) is 0 Å². The molecule has 4 rings (SSSR count). The molecule has 0 radical (unpaired) electrons. The average Bonchev–Trinajstić information content (AvgIpc) is 3.03. The maximum Gasteiger partial charge on any atom is 0.217 e. The number of amides is 1. The predicted octanol–water partition coefficient (Wildman–Crippen LogP) is 7.39. The highest BCUT2D eigenvalue weighted by molar-refractivity contribution is 5.74. The lowest BCUT2D eigenvalue weighted by Gasteiger charge is -2.28. The van der Waals surface area contributed by atoms with E-state index in [1.54, 1.807) is 0 Å². The van der Waals surface area contributed by atoms with Crippen LogP contribution in [0.5, 0.6) is 11.5 Å². The van der Waals surface area contributed by atoms with Crippen molar-refractivity contribution in [1.29, 1.82) is 0 Å². The number of hydrogen-bond donors (Lipinski definition) is 1. The normalized spacial score (nSPS) is 11.1. The van der Waals surface area contributed by atoms with Gasteiger partial charge >= 0.3 is 0 Å². The molecule has 0 bridgehead atoms.